The van der Waals surface area contributed by atoms with Crippen LogP contribution in [0.1, 0.15) is 16.7 Å². The Labute approximate surface area is 116 Å². The molecule has 0 aliphatic rings. The molecule has 0 bridgehead atoms. The normalized spacial score (nSPS) is 10.4. The van der Waals surface area contributed by atoms with E-state index in [1.54, 1.807) is 43.5 Å². The van der Waals surface area contributed by atoms with Gasteiger partial charge in [0.1, 0.15) is 5.75 Å². The molecule has 0 amide bonds. The van der Waals surface area contributed by atoms with Gasteiger partial charge in [0.25, 0.3) is 0 Å². The topological polar surface area (TPSA) is 73.5 Å². The highest BCUT2D eigenvalue weighted by atomic mass is 16.5. The molecular weight excluding hydrogens is 254 g/mol. The SMILES string of the molecule is COc1ccc(C=Cc2ccc(O)c(O)c2)c(C#N)c1. The van der Waals surface area contributed by atoms with Crippen LogP contribution in [0.4, 0.5) is 0 Å². The highest BCUT2D eigenvalue weighted by molar-refractivity contribution is 5.73. The number of rotatable bonds is 3. The molecule has 2 N–H and O–H groups in total. The van der Waals surface area contributed by atoms with Gasteiger partial charge in [-0.3, -0.25) is 0 Å². The van der Waals surface area contributed by atoms with Gasteiger partial charge in [-0.15, -0.1) is 0 Å². The predicted octanol–water partition coefficient (Wildman–Crippen LogP) is 3.15. The summed E-state index contributed by atoms with van der Waals surface area (Å²) in [6.07, 6.45) is 3.52. The molecule has 2 aromatic carbocycles. The minimum atomic E-state index is -0.178. The first-order valence-electron chi connectivity index (χ1n) is 5.92. The molecule has 4 nitrogen and oxygen atoms in total. The number of phenolic OH excluding ortho intramolecular Hbond substituents is 2. The molecule has 0 heterocycles. The lowest BCUT2D eigenvalue weighted by Crippen LogP contribution is -1.87. The molecule has 0 radical (unpaired) electrons. The van der Waals surface area contributed by atoms with Crippen molar-refractivity contribution in [2.24, 2.45) is 0 Å². The van der Waals surface area contributed by atoms with Crippen molar-refractivity contribution in [2.45, 2.75) is 0 Å². The van der Waals surface area contributed by atoms with Crippen LogP contribution in [0.25, 0.3) is 12.2 Å². The van der Waals surface area contributed by atoms with Crippen LogP contribution in [0, 0.1) is 11.3 Å². The van der Waals surface area contributed by atoms with E-state index in [2.05, 4.69) is 6.07 Å². The fraction of sp³-hybridized carbons (Fsp3) is 0.0625. The standard InChI is InChI=1S/C16H13NO3/c1-20-14-6-5-12(13(9-14)10-17)4-2-11-3-7-15(18)16(19)8-11/h2-9,18-19H,1H3. The molecule has 0 atom stereocenters. The lowest BCUT2D eigenvalue weighted by molar-refractivity contribution is 0.403. The maximum absolute atomic E-state index is 9.41. The predicted molar refractivity (Wildman–Crippen MR) is 76.4 cm³/mol. The van der Waals surface area contributed by atoms with E-state index in [1.807, 2.05) is 0 Å². The summed E-state index contributed by atoms with van der Waals surface area (Å²) in [7, 11) is 1.55. The highest BCUT2D eigenvalue weighted by Gasteiger charge is 2.02. The van der Waals surface area contributed by atoms with Gasteiger partial charge in [-0.05, 0) is 41.5 Å². The second kappa shape index (κ2) is 5.81. The third kappa shape index (κ3) is 2.90. The Morgan fingerprint density at radius 2 is 1.85 bits per heavy atom. The van der Waals surface area contributed by atoms with Crippen LogP contribution in [0.15, 0.2) is 36.4 Å². The Morgan fingerprint density at radius 3 is 2.50 bits per heavy atom. The van der Waals surface area contributed by atoms with Gasteiger partial charge in [-0.25, -0.2) is 0 Å². The molecule has 0 saturated heterocycles. The second-order valence-electron chi connectivity index (χ2n) is 4.15. The van der Waals surface area contributed by atoms with E-state index in [1.165, 1.54) is 12.1 Å². The Kier molecular flexibility index (Phi) is 3.92. The molecule has 0 unspecified atom stereocenters. The molecule has 100 valence electrons. The first-order valence-corrected chi connectivity index (χ1v) is 5.92. The maximum atomic E-state index is 9.41. The molecule has 0 aromatic heterocycles. The van der Waals surface area contributed by atoms with Crippen molar-refractivity contribution in [3.63, 3.8) is 0 Å². The van der Waals surface area contributed by atoms with Crippen molar-refractivity contribution in [3.8, 4) is 23.3 Å². The first kappa shape index (κ1) is 13.5. The zero-order valence-electron chi connectivity index (χ0n) is 10.9. The molecular formula is C16H13NO3. The Bertz CT molecular complexity index is 699. The summed E-state index contributed by atoms with van der Waals surface area (Å²) in [6.45, 7) is 0. The van der Waals surface area contributed by atoms with Crippen molar-refractivity contribution < 1.29 is 14.9 Å². The van der Waals surface area contributed by atoms with Crippen molar-refractivity contribution in [1.29, 1.82) is 5.26 Å². The van der Waals surface area contributed by atoms with Gasteiger partial charge in [0.2, 0.25) is 0 Å². The van der Waals surface area contributed by atoms with Crippen molar-refractivity contribution in [1.82, 2.24) is 0 Å². The third-order valence-corrected chi connectivity index (χ3v) is 2.84. The monoisotopic (exact) mass is 267 g/mol. The summed E-state index contributed by atoms with van der Waals surface area (Å²) in [4.78, 5) is 0. The number of phenols is 2. The summed E-state index contributed by atoms with van der Waals surface area (Å²) >= 11 is 0. The minimum Gasteiger partial charge on any atom is -0.504 e. The molecule has 0 saturated carbocycles. The first-order chi connectivity index (χ1) is 9.63. The van der Waals surface area contributed by atoms with Crippen LogP contribution >= 0.6 is 0 Å². The lowest BCUT2D eigenvalue weighted by Gasteiger charge is -2.03. The van der Waals surface area contributed by atoms with Gasteiger partial charge in [0.15, 0.2) is 11.5 Å². The number of nitrogens with zero attached hydrogens (tertiary/aromatic N) is 1. The van der Waals surface area contributed by atoms with Gasteiger partial charge >= 0.3 is 0 Å². The van der Waals surface area contributed by atoms with Gasteiger partial charge in [-0.1, -0.05) is 18.2 Å². The van der Waals surface area contributed by atoms with Crippen molar-refractivity contribution in [2.75, 3.05) is 7.11 Å². The Balaban J connectivity index is 2.31. The number of hydrogen-bond acceptors (Lipinski definition) is 4. The fourth-order valence-electron chi connectivity index (χ4n) is 1.73. The largest absolute Gasteiger partial charge is 0.504 e. The average Bonchev–Trinajstić information content (AvgIpc) is 2.48. The van der Waals surface area contributed by atoms with Crippen LogP contribution in [0.5, 0.6) is 17.2 Å². The van der Waals surface area contributed by atoms with Crippen LogP contribution in [-0.4, -0.2) is 17.3 Å². The molecule has 0 spiro atoms. The van der Waals surface area contributed by atoms with E-state index < -0.39 is 0 Å². The van der Waals surface area contributed by atoms with Crippen LogP contribution in [0.2, 0.25) is 0 Å². The Hall–Kier alpha value is -2.93. The van der Waals surface area contributed by atoms with Gasteiger partial charge in [0, 0.05) is 0 Å². The summed E-state index contributed by atoms with van der Waals surface area (Å²) in [5.41, 5.74) is 1.98. The van der Waals surface area contributed by atoms with Gasteiger partial charge < -0.3 is 14.9 Å². The van der Waals surface area contributed by atoms with Crippen molar-refractivity contribution >= 4 is 12.2 Å². The maximum Gasteiger partial charge on any atom is 0.157 e. The second-order valence-corrected chi connectivity index (χ2v) is 4.15. The van der Waals surface area contributed by atoms with E-state index in [-0.39, 0.29) is 11.5 Å². The summed E-state index contributed by atoms with van der Waals surface area (Å²) in [6, 6.07) is 11.9. The van der Waals surface area contributed by atoms with E-state index in [0.717, 1.165) is 11.1 Å². The van der Waals surface area contributed by atoms with Crippen LogP contribution in [0.3, 0.4) is 0 Å². The van der Waals surface area contributed by atoms with Crippen LogP contribution in [-0.2, 0) is 0 Å². The zero-order chi connectivity index (χ0) is 14.5. The van der Waals surface area contributed by atoms with Crippen LogP contribution < -0.4 is 4.74 Å². The van der Waals surface area contributed by atoms with Gasteiger partial charge in [-0.2, -0.15) is 5.26 Å². The molecule has 4 heteroatoms. The van der Waals surface area contributed by atoms with E-state index in [0.29, 0.717) is 11.3 Å². The number of methoxy groups -OCH3 is 1. The van der Waals surface area contributed by atoms with Gasteiger partial charge in [0.05, 0.1) is 18.7 Å². The van der Waals surface area contributed by atoms with E-state index in [9.17, 15) is 10.2 Å². The number of aromatic hydroxyl groups is 2. The number of hydrogen-bond donors (Lipinski definition) is 2. The summed E-state index contributed by atoms with van der Waals surface area (Å²) < 4.78 is 5.07. The number of ether oxygens (including phenoxy) is 1. The highest BCUT2D eigenvalue weighted by Crippen LogP contribution is 2.26. The smallest absolute Gasteiger partial charge is 0.157 e. The lowest BCUT2D eigenvalue weighted by atomic mass is 10.1. The summed E-state index contributed by atoms with van der Waals surface area (Å²) in [5, 5.41) is 27.8. The molecule has 2 rings (SSSR count). The van der Waals surface area contributed by atoms with E-state index in [4.69, 9.17) is 10.00 Å². The Morgan fingerprint density at radius 1 is 1.05 bits per heavy atom. The number of nitriles is 1. The molecule has 0 aliphatic carbocycles. The molecule has 0 fully saturated rings. The zero-order valence-corrected chi connectivity index (χ0v) is 10.9. The number of benzene rings is 2. The quantitative estimate of drug-likeness (QED) is 0.661. The van der Waals surface area contributed by atoms with Crippen molar-refractivity contribution in [3.05, 3.63) is 53.1 Å². The minimum absolute atomic E-state index is 0.163. The third-order valence-electron chi connectivity index (χ3n) is 2.84. The fourth-order valence-corrected chi connectivity index (χ4v) is 1.73. The summed E-state index contributed by atoms with van der Waals surface area (Å²) in [5.74, 6) is 0.285. The average molecular weight is 267 g/mol. The molecule has 0 aliphatic heterocycles. The van der Waals surface area contributed by atoms with E-state index >= 15 is 0 Å². The molecule has 2 aromatic rings. The molecule has 20 heavy (non-hydrogen) atoms.